The van der Waals surface area contributed by atoms with Gasteiger partial charge in [0.2, 0.25) is 0 Å². The maximum absolute atomic E-state index is 12.0. The van der Waals surface area contributed by atoms with Crippen molar-refractivity contribution in [1.29, 1.82) is 0 Å². The van der Waals surface area contributed by atoms with Gasteiger partial charge in [-0.15, -0.1) is 13.2 Å². The van der Waals surface area contributed by atoms with Crippen molar-refractivity contribution in [1.82, 2.24) is 0 Å². The number of halogens is 3. The number of nitrogens with two attached hydrogens (primary N) is 1. The minimum atomic E-state index is -4.64. The van der Waals surface area contributed by atoms with Gasteiger partial charge in [-0.2, -0.15) is 0 Å². The molecule has 18 heavy (non-hydrogen) atoms. The quantitative estimate of drug-likeness (QED) is 0.888. The second-order valence-electron chi connectivity index (χ2n) is 4.39. The highest BCUT2D eigenvalue weighted by atomic mass is 19.4. The number of hydrogen-bond acceptors (Lipinski definition) is 3. The van der Waals surface area contributed by atoms with E-state index in [0.717, 1.165) is 31.6 Å². The predicted octanol–water partition coefficient (Wildman–Crippen LogP) is 2.51. The van der Waals surface area contributed by atoms with E-state index in [9.17, 15) is 13.2 Å². The summed E-state index contributed by atoms with van der Waals surface area (Å²) in [4.78, 5) is 2.07. The Balaban J connectivity index is 2.03. The van der Waals surface area contributed by atoms with Crippen LogP contribution in [-0.4, -0.2) is 25.5 Å². The molecule has 0 radical (unpaired) electrons. The fraction of sp³-hybridized carbons (Fsp3) is 0.500. The average Bonchev–Trinajstić information content (AvgIpc) is 2.28. The van der Waals surface area contributed by atoms with E-state index in [0.29, 0.717) is 0 Å². The molecule has 0 aromatic heterocycles. The van der Waals surface area contributed by atoms with Crippen LogP contribution in [0.5, 0.6) is 5.75 Å². The molecular weight excluding hydrogens is 245 g/mol. The first-order valence-electron chi connectivity index (χ1n) is 5.80. The zero-order valence-corrected chi connectivity index (χ0v) is 9.78. The fourth-order valence-corrected chi connectivity index (χ4v) is 2.10. The van der Waals surface area contributed by atoms with E-state index in [-0.39, 0.29) is 11.8 Å². The summed E-state index contributed by atoms with van der Waals surface area (Å²) in [5.41, 5.74) is 6.74. The molecule has 0 unspecified atom stereocenters. The fourth-order valence-electron chi connectivity index (χ4n) is 2.10. The molecule has 1 aliphatic rings. The Bertz CT molecular complexity index is 391. The van der Waals surface area contributed by atoms with Crippen LogP contribution in [0.3, 0.4) is 0 Å². The van der Waals surface area contributed by atoms with Crippen molar-refractivity contribution in [3.63, 3.8) is 0 Å². The van der Waals surface area contributed by atoms with Crippen molar-refractivity contribution in [3.05, 3.63) is 24.3 Å². The van der Waals surface area contributed by atoms with E-state index in [1.165, 1.54) is 12.1 Å². The molecule has 1 atom stereocenters. The molecule has 0 aliphatic carbocycles. The molecule has 2 rings (SSSR count). The summed E-state index contributed by atoms with van der Waals surface area (Å²) in [6, 6.07) is 6.02. The number of hydrogen-bond donors (Lipinski definition) is 1. The Kier molecular flexibility index (Phi) is 3.65. The lowest BCUT2D eigenvalue weighted by Crippen LogP contribution is -2.42. The van der Waals surface area contributed by atoms with Crippen LogP contribution >= 0.6 is 0 Å². The Morgan fingerprint density at radius 1 is 1.22 bits per heavy atom. The second-order valence-corrected chi connectivity index (χ2v) is 4.39. The minimum Gasteiger partial charge on any atom is -0.406 e. The van der Waals surface area contributed by atoms with Crippen LogP contribution in [0.25, 0.3) is 0 Å². The molecule has 1 saturated heterocycles. The van der Waals surface area contributed by atoms with Gasteiger partial charge in [0, 0.05) is 24.8 Å². The summed E-state index contributed by atoms with van der Waals surface area (Å²) in [5.74, 6) is -0.201. The minimum absolute atomic E-state index is 0.129. The largest absolute Gasteiger partial charge is 0.573 e. The molecule has 1 aromatic carbocycles. The maximum atomic E-state index is 12.0. The molecule has 3 nitrogen and oxygen atoms in total. The van der Waals surface area contributed by atoms with Crippen molar-refractivity contribution < 1.29 is 17.9 Å². The summed E-state index contributed by atoms with van der Waals surface area (Å²) in [7, 11) is 0. The Morgan fingerprint density at radius 3 is 2.44 bits per heavy atom. The lowest BCUT2D eigenvalue weighted by molar-refractivity contribution is -0.274. The highest BCUT2D eigenvalue weighted by Gasteiger charge is 2.31. The van der Waals surface area contributed by atoms with Gasteiger partial charge in [-0.05, 0) is 37.1 Å². The lowest BCUT2D eigenvalue weighted by Gasteiger charge is -2.32. The zero-order chi connectivity index (χ0) is 13.2. The van der Waals surface area contributed by atoms with Crippen LogP contribution < -0.4 is 15.4 Å². The Morgan fingerprint density at radius 2 is 1.89 bits per heavy atom. The first-order chi connectivity index (χ1) is 8.44. The van der Waals surface area contributed by atoms with E-state index < -0.39 is 6.36 Å². The van der Waals surface area contributed by atoms with Crippen molar-refractivity contribution in [2.45, 2.75) is 25.2 Å². The molecule has 0 amide bonds. The van der Waals surface area contributed by atoms with E-state index in [4.69, 9.17) is 5.73 Å². The number of ether oxygens (including phenoxy) is 1. The summed E-state index contributed by atoms with van der Waals surface area (Å²) < 4.78 is 39.8. The molecule has 1 fully saturated rings. The first kappa shape index (κ1) is 13.0. The van der Waals surface area contributed by atoms with Crippen molar-refractivity contribution >= 4 is 5.69 Å². The Labute approximate surface area is 103 Å². The SMILES string of the molecule is N[C@H]1CCCN(c2ccc(OC(F)(F)F)cc2)C1. The molecule has 1 aromatic rings. The van der Waals surface area contributed by atoms with Crippen LogP contribution in [0.4, 0.5) is 18.9 Å². The monoisotopic (exact) mass is 260 g/mol. The second kappa shape index (κ2) is 5.06. The standard InChI is InChI=1S/C12H15F3N2O/c13-12(14,15)18-11-5-3-10(4-6-11)17-7-1-2-9(16)8-17/h3-6,9H,1-2,7-8,16H2/t9-/m0/s1. The van der Waals surface area contributed by atoms with Crippen molar-refractivity contribution in [2.24, 2.45) is 5.73 Å². The molecule has 6 heteroatoms. The van der Waals surface area contributed by atoms with Crippen LogP contribution in [0.1, 0.15) is 12.8 Å². The smallest absolute Gasteiger partial charge is 0.406 e. The highest BCUT2D eigenvalue weighted by molar-refractivity contribution is 5.49. The maximum Gasteiger partial charge on any atom is 0.573 e. The normalized spacial score (nSPS) is 20.9. The third-order valence-corrected chi connectivity index (χ3v) is 2.89. The van der Waals surface area contributed by atoms with E-state index in [1.54, 1.807) is 12.1 Å². The molecule has 1 aliphatic heterocycles. The van der Waals surface area contributed by atoms with Gasteiger partial charge in [0.1, 0.15) is 5.75 Å². The van der Waals surface area contributed by atoms with Crippen molar-refractivity contribution in [2.75, 3.05) is 18.0 Å². The number of rotatable bonds is 2. The first-order valence-corrected chi connectivity index (χ1v) is 5.80. The van der Waals surface area contributed by atoms with E-state index >= 15 is 0 Å². The number of alkyl halides is 3. The summed E-state index contributed by atoms with van der Waals surface area (Å²) >= 11 is 0. The number of nitrogens with zero attached hydrogens (tertiary/aromatic N) is 1. The number of piperidine rings is 1. The highest BCUT2D eigenvalue weighted by Crippen LogP contribution is 2.26. The average molecular weight is 260 g/mol. The molecular formula is C12H15F3N2O. The van der Waals surface area contributed by atoms with Gasteiger partial charge in [-0.25, -0.2) is 0 Å². The van der Waals surface area contributed by atoms with Gasteiger partial charge in [0.25, 0.3) is 0 Å². The summed E-state index contributed by atoms with van der Waals surface area (Å²) in [6.45, 7) is 1.62. The van der Waals surface area contributed by atoms with Gasteiger partial charge >= 0.3 is 6.36 Å². The van der Waals surface area contributed by atoms with Crippen LogP contribution in [-0.2, 0) is 0 Å². The Hall–Kier alpha value is -1.43. The van der Waals surface area contributed by atoms with E-state index in [1.807, 2.05) is 0 Å². The van der Waals surface area contributed by atoms with Gasteiger partial charge in [0.05, 0.1) is 0 Å². The van der Waals surface area contributed by atoms with Crippen LogP contribution in [0.15, 0.2) is 24.3 Å². The molecule has 2 N–H and O–H groups in total. The third kappa shape index (κ3) is 3.53. The van der Waals surface area contributed by atoms with Gasteiger partial charge < -0.3 is 15.4 Å². The molecule has 100 valence electrons. The molecule has 0 spiro atoms. The van der Waals surface area contributed by atoms with E-state index in [2.05, 4.69) is 9.64 Å². The van der Waals surface area contributed by atoms with Crippen LogP contribution in [0, 0.1) is 0 Å². The molecule has 1 heterocycles. The zero-order valence-electron chi connectivity index (χ0n) is 9.78. The number of benzene rings is 1. The molecule has 0 bridgehead atoms. The topological polar surface area (TPSA) is 38.5 Å². The lowest BCUT2D eigenvalue weighted by atomic mass is 10.1. The third-order valence-electron chi connectivity index (χ3n) is 2.89. The summed E-state index contributed by atoms with van der Waals surface area (Å²) in [6.07, 6.45) is -2.65. The molecule has 0 saturated carbocycles. The van der Waals surface area contributed by atoms with Gasteiger partial charge in [0.15, 0.2) is 0 Å². The number of anilines is 1. The van der Waals surface area contributed by atoms with Gasteiger partial charge in [-0.3, -0.25) is 0 Å². The van der Waals surface area contributed by atoms with Crippen LogP contribution in [0.2, 0.25) is 0 Å². The van der Waals surface area contributed by atoms with Crippen molar-refractivity contribution in [3.8, 4) is 5.75 Å². The summed E-state index contributed by atoms with van der Waals surface area (Å²) in [5, 5.41) is 0. The van der Waals surface area contributed by atoms with Gasteiger partial charge in [-0.1, -0.05) is 0 Å². The predicted molar refractivity (Wildman–Crippen MR) is 62.5 cm³/mol.